The molecule has 20 heavy (non-hydrogen) atoms. The fourth-order valence-electron chi connectivity index (χ4n) is 3.51. The number of hydrogen-bond donors (Lipinski definition) is 2. The quantitative estimate of drug-likeness (QED) is 0.814. The molecule has 0 saturated carbocycles. The molecule has 4 heteroatoms. The van der Waals surface area contributed by atoms with Crippen molar-refractivity contribution in [1.82, 2.24) is 5.32 Å². The lowest BCUT2D eigenvalue weighted by molar-refractivity contribution is -0.131. The number of benzene rings is 1. The van der Waals surface area contributed by atoms with Gasteiger partial charge in [-0.05, 0) is 55.4 Å². The van der Waals surface area contributed by atoms with Crippen LogP contribution < -0.4 is 11.1 Å². The van der Waals surface area contributed by atoms with Crippen molar-refractivity contribution >= 4 is 11.8 Å². The van der Waals surface area contributed by atoms with Crippen LogP contribution in [0.3, 0.4) is 0 Å². The van der Waals surface area contributed by atoms with E-state index in [2.05, 4.69) is 5.32 Å². The van der Waals surface area contributed by atoms with Gasteiger partial charge in [0.05, 0.1) is 5.41 Å². The minimum absolute atomic E-state index is 0.208. The summed E-state index contributed by atoms with van der Waals surface area (Å²) in [4.78, 5) is 23.6. The second-order valence-corrected chi connectivity index (χ2v) is 6.02. The molecule has 0 aromatic heterocycles. The number of amides is 2. The Morgan fingerprint density at radius 1 is 1.20 bits per heavy atom. The summed E-state index contributed by atoms with van der Waals surface area (Å²) in [6.07, 6.45) is 5.65. The maximum atomic E-state index is 12.4. The zero-order chi connectivity index (χ0) is 14.2. The highest BCUT2D eigenvalue weighted by molar-refractivity contribution is 5.93. The molecular weight excluding hydrogens is 252 g/mol. The number of primary amides is 1. The fraction of sp³-hybridized carbons (Fsp3) is 0.500. The molecule has 1 atom stereocenters. The Balaban J connectivity index is 1.91. The summed E-state index contributed by atoms with van der Waals surface area (Å²) in [5.41, 5.74) is 8.01. The van der Waals surface area contributed by atoms with Gasteiger partial charge in [0, 0.05) is 12.1 Å². The smallest absolute Gasteiger partial charge is 0.248 e. The molecule has 1 saturated heterocycles. The van der Waals surface area contributed by atoms with Crippen LogP contribution in [0.15, 0.2) is 18.2 Å². The van der Waals surface area contributed by atoms with E-state index in [0.717, 1.165) is 45.1 Å². The zero-order valence-corrected chi connectivity index (χ0v) is 11.6. The summed E-state index contributed by atoms with van der Waals surface area (Å²) in [6, 6.07) is 5.63. The van der Waals surface area contributed by atoms with Gasteiger partial charge >= 0.3 is 0 Å². The van der Waals surface area contributed by atoms with E-state index in [1.54, 1.807) is 6.07 Å². The van der Waals surface area contributed by atoms with Crippen LogP contribution in [0.1, 0.15) is 47.2 Å². The Morgan fingerprint density at radius 3 is 2.85 bits per heavy atom. The number of aryl methyl sites for hydroxylation is 1. The van der Waals surface area contributed by atoms with Crippen molar-refractivity contribution in [2.45, 2.75) is 38.5 Å². The van der Waals surface area contributed by atoms with E-state index in [4.69, 9.17) is 5.73 Å². The van der Waals surface area contributed by atoms with Crippen molar-refractivity contribution < 1.29 is 9.59 Å². The maximum Gasteiger partial charge on any atom is 0.248 e. The molecule has 3 rings (SSSR count). The van der Waals surface area contributed by atoms with Crippen LogP contribution in [-0.2, 0) is 17.6 Å². The number of carbonyl (C=O) groups excluding carboxylic acids is 2. The number of nitrogens with one attached hydrogen (secondary N) is 1. The fourth-order valence-corrected chi connectivity index (χ4v) is 3.51. The predicted molar refractivity (Wildman–Crippen MR) is 76.3 cm³/mol. The Labute approximate surface area is 118 Å². The van der Waals surface area contributed by atoms with Crippen LogP contribution in [0, 0.1) is 5.41 Å². The minimum atomic E-state index is -0.389. The molecule has 1 aliphatic carbocycles. The standard InChI is InChI=1S/C16H20N2O2/c17-14(19)12-3-4-13-10-16(7-5-11(13)9-12)6-1-2-8-18-15(16)20/h3-4,9H,1-2,5-8,10H2,(H2,17,19)(H,18,20). The Morgan fingerprint density at radius 2 is 2.05 bits per heavy atom. The van der Waals surface area contributed by atoms with Crippen molar-refractivity contribution in [3.05, 3.63) is 34.9 Å². The molecule has 1 aromatic carbocycles. The Bertz CT molecular complexity index is 568. The Hall–Kier alpha value is -1.84. The molecule has 1 unspecified atom stereocenters. The lowest BCUT2D eigenvalue weighted by Gasteiger charge is -2.36. The van der Waals surface area contributed by atoms with E-state index >= 15 is 0 Å². The number of fused-ring (bicyclic) bond motifs is 1. The third kappa shape index (κ3) is 2.19. The molecule has 2 aliphatic rings. The van der Waals surface area contributed by atoms with Gasteiger partial charge in [-0.25, -0.2) is 0 Å². The highest BCUT2D eigenvalue weighted by atomic mass is 16.2. The molecule has 1 spiro atoms. The SMILES string of the molecule is NC(=O)c1ccc2c(c1)CCC1(CCCCNC1=O)C2. The molecule has 0 bridgehead atoms. The third-order valence-corrected chi connectivity index (χ3v) is 4.74. The molecular formula is C16H20N2O2. The highest BCUT2D eigenvalue weighted by Crippen LogP contribution is 2.41. The number of rotatable bonds is 1. The molecule has 3 N–H and O–H groups in total. The second kappa shape index (κ2) is 4.93. The monoisotopic (exact) mass is 272 g/mol. The van der Waals surface area contributed by atoms with Crippen LogP contribution in [0.2, 0.25) is 0 Å². The highest BCUT2D eigenvalue weighted by Gasteiger charge is 2.41. The summed E-state index contributed by atoms with van der Waals surface area (Å²) in [6.45, 7) is 0.800. The summed E-state index contributed by atoms with van der Waals surface area (Å²) < 4.78 is 0. The van der Waals surface area contributed by atoms with Gasteiger partial charge in [-0.15, -0.1) is 0 Å². The molecule has 1 heterocycles. The van der Waals surface area contributed by atoms with Gasteiger partial charge in [-0.2, -0.15) is 0 Å². The number of hydrogen-bond acceptors (Lipinski definition) is 2. The zero-order valence-electron chi connectivity index (χ0n) is 11.6. The summed E-state index contributed by atoms with van der Waals surface area (Å²) >= 11 is 0. The topological polar surface area (TPSA) is 72.2 Å². The lowest BCUT2D eigenvalue weighted by atomic mass is 9.68. The molecule has 2 amide bonds. The summed E-state index contributed by atoms with van der Waals surface area (Å²) in [7, 11) is 0. The van der Waals surface area contributed by atoms with Crippen molar-refractivity contribution in [2.24, 2.45) is 11.1 Å². The van der Waals surface area contributed by atoms with E-state index in [1.807, 2.05) is 12.1 Å². The van der Waals surface area contributed by atoms with Gasteiger partial charge in [0.1, 0.15) is 0 Å². The first-order valence-electron chi connectivity index (χ1n) is 7.31. The van der Waals surface area contributed by atoms with Gasteiger partial charge in [-0.3, -0.25) is 9.59 Å². The van der Waals surface area contributed by atoms with E-state index in [1.165, 1.54) is 11.1 Å². The molecule has 4 nitrogen and oxygen atoms in total. The van der Waals surface area contributed by atoms with E-state index in [0.29, 0.717) is 5.56 Å². The van der Waals surface area contributed by atoms with Crippen molar-refractivity contribution in [3.63, 3.8) is 0 Å². The van der Waals surface area contributed by atoms with Crippen molar-refractivity contribution in [2.75, 3.05) is 6.54 Å². The normalized spacial score (nSPS) is 25.7. The van der Waals surface area contributed by atoms with Gasteiger partial charge in [0.25, 0.3) is 0 Å². The molecule has 106 valence electrons. The van der Waals surface area contributed by atoms with Gasteiger partial charge in [-0.1, -0.05) is 12.5 Å². The third-order valence-electron chi connectivity index (χ3n) is 4.74. The minimum Gasteiger partial charge on any atom is -0.366 e. The van der Waals surface area contributed by atoms with Crippen LogP contribution >= 0.6 is 0 Å². The first-order chi connectivity index (χ1) is 9.61. The first kappa shape index (κ1) is 13.2. The molecule has 1 aliphatic heterocycles. The van der Waals surface area contributed by atoms with Crippen molar-refractivity contribution in [1.29, 1.82) is 0 Å². The first-order valence-corrected chi connectivity index (χ1v) is 7.31. The summed E-state index contributed by atoms with van der Waals surface area (Å²) in [5.74, 6) is -0.181. The Kier molecular flexibility index (Phi) is 3.24. The van der Waals surface area contributed by atoms with Gasteiger partial charge < -0.3 is 11.1 Å². The van der Waals surface area contributed by atoms with E-state index < -0.39 is 0 Å². The predicted octanol–water partition coefficient (Wildman–Crippen LogP) is 1.56. The lowest BCUT2D eigenvalue weighted by Crippen LogP contribution is -2.43. The number of nitrogens with two attached hydrogens (primary N) is 1. The summed E-state index contributed by atoms with van der Waals surface area (Å²) in [5, 5.41) is 3.05. The van der Waals surface area contributed by atoms with Gasteiger partial charge in [0.2, 0.25) is 11.8 Å². The van der Waals surface area contributed by atoms with Crippen LogP contribution in [-0.4, -0.2) is 18.4 Å². The molecule has 1 aromatic rings. The maximum absolute atomic E-state index is 12.4. The average molecular weight is 272 g/mol. The van der Waals surface area contributed by atoms with Crippen LogP contribution in [0.25, 0.3) is 0 Å². The van der Waals surface area contributed by atoms with Gasteiger partial charge in [0.15, 0.2) is 0 Å². The van der Waals surface area contributed by atoms with E-state index in [9.17, 15) is 9.59 Å². The molecule has 1 fully saturated rings. The number of carbonyl (C=O) groups is 2. The molecule has 0 radical (unpaired) electrons. The average Bonchev–Trinajstić information content (AvgIpc) is 2.61. The van der Waals surface area contributed by atoms with Crippen molar-refractivity contribution in [3.8, 4) is 0 Å². The second-order valence-electron chi connectivity index (χ2n) is 6.02. The van der Waals surface area contributed by atoms with Crippen LogP contribution in [0.4, 0.5) is 0 Å². The van der Waals surface area contributed by atoms with Crippen LogP contribution in [0.5, 0.6) is 0 Å². The largest absolute Gasteiger partial charge is 0.366 e. The van der Waals surface area contributed by atoms with E-state index in [-0.39, 0.29) is 17.2 Å².